The predicted octanol–water partition coefficient (Wildman–Crippen LogP) is 4.65. The summed E-state index contributed by atoms with van der Waals surface area (Å²) in [6.07, 6.45) is 4.78. The van der Waals surface area contributed by atoms with Crippen molar-refractivity contribution in [3.8, 4) is 34.1 Å². The van der Waals surface area contributed by atoms with E-state index < -0.39 is 5.82 Å². The number of pyridine rings is 2. The fraction of sp³-hybridized carbons (Fsp3) is 0.321. The number of nitrogen functional groups attached to an aromatic ring is 1. The van der Waals surface area contributed by atoms with Crippen LogP contribution in [-0.4, -0.2) is 64.0 Å². The molecule has 5 heterocycles. The topological polar surface area (TPSA) is 85.3 Å². The number of nitrogens with zero attached hydrogens (tertiary/aromatic N) is 6. The van der Waals surface area contributed by atoms with Crippen LogP contribution in [0.3, 0.4) is 0 Å². The number of likely N-dealkylation sites (N-methyl/N-ethyl adjacent to an activating group) is 1. The van der Waals surface area contributed by atoms with Crippen molar-refractivity contribution in [2.75, 3.05) is 37.9 Å². The SMILES string of the molecule is CC.COc1cccc(F)c1-c1nc(-c2cnn(-c3cccc(N4CC5CC4CN5C)n3)c2)ccc1N. The van der Waals surface area contributed by atoms with Crippen molar-refractivity contribution in [2.24, 2.45) is 0 Å². The third-order valence-electron chi connectivity index (χ3n) is 7.00. The maximum absolute atomic E-state index is 14.7. The molecule has 2 fully saturated rings. The van der Waals surface area contributed by atoms with Gasteiger partial charge in [-0.2, -0.15) is 5.10 Å². The van der Waals surface area contributed by atoms with Gasteiger partial charge in [0.2, 0.25) is 0 Å². The highest BCUT2D eigenvalue weighted by atomic mass is 19.1. The molecule has 2 saturated heterocycles. The zero-order chi connectivity index (χ0) is 26.1. The number of nitrogens with two attached hydrogens (primary N) is 1. The van der Waals surface area contributed by atoms with Crippen LogP contribution in [0.25, 0.3) is 28.3 Å². The molecule has 192 valence electrons. The summed E-state index contributed by atoms with van der Waals surface area (Å²) in [4.78, 5) is 14.4. The Morgan fingerprint density at radius 1 is 0.973 bits per heavy atom. The Bertz CT molecular complexity index is 1400. The Kier molecular flexibility index (Phi) is 6.80. The lowest BCUT2D eigenvalue weighted by atomic mass is 10.1. The van der Waals surface area contributed by atoms with Gasteiger partial charge in [0.05, 0.1) is 30.3 Å². The van der Waals surface area contributed by atoms with Crippen LogP contribution in [0.2, 0.25) is 0 Å². The van der Waals surface area contributed by atoms with E-state index in [0.29, 0.717) is 34.9 Å². The van der Waals surface area contributed by atoms with Gasteiger partial charge in [-0.3, -0.25) is 4.90 Å². The quantitative estimate of drug-likeness (QED) is 0.426. The van der Waals surface area contributed by atoms with Gasteiger partial charge < -0.3 is 15.4 Å². The smallest absolute Gasteiger partial charge is 0.155 e. The number of halogens is 1. The molecular weight excluding hydrogens is 469 g/mol. The van der Waals surface area contributed by atoms with Crippen LogP contribution >= 0.6 is 0 Å². The fourth-order valence-corrected chi connectivity index (χ4v) is 5.16. The monoisotopic (exact) mass is 501 g/mol. The average molecular weight is 502 g/mol. The lowest BCUT2D eigenvalue weighted by Crippen LogP contribution is -2.44. The first-order chi connectivity index (χ1) is 18.0. The lowest BCUT2D eigenvalue weighted by molar-refractivity contribution is 0.292. The molecule has 2 unspecified atom stereocenters. The number of benzene rings is 1. The van der Waals surface area contributed by atoms with Gasteiger partial charge in [-0.1, -0.05) is 26.0 Å². The number of ether oxygens (including phenoxy) is 1. The van der Waals surface area contributed by atoms with E-state index in [0.717, 1.165) is 30.3 Å². The number of aromatic nitrogens is 4. The minimum atomic E-state index is -0.445. The molecular formula is C28H32FN7O. The molecule has 1 aromatic carbocycles. The average Bonchev–Trinajstić information content (AvgIpc) is 3.66. The normalized spacial score (nSPS) is 18.6. The third kappa shape index (κ3) is 4.51. The number of piperazine rings is 1. The molecule has 2 aliphatic heterocycles. The summed E-state index contributed by atoms with van der Waals surface area (Å²) in [6, 6.07) is 15.3. The lowest BCUT2D eigenvalue weighted by Gasteiger charge is -2.32. The molecule has 2 N–H and O–H groups in total. The summed E-state index contributed by atoms with van der Waals surface area (Å²) in [5.41, 5.74) is 8.51. The summed E-state index contributed by atoms with van der Waals surface area (Å²) >= 11 is 0. The van der Waals surface area contributed by atoms with E-state index in [1.807, 2.05) is 32.2 Å². The summed E-state index contributed by atoms with van der Waals surface area (Å²) < 4.78 is 21.8. The summed E-state index contributed by atoms with van der Waals surface area (Å²) in [5.74, 6) is 1.63. The van der Waals surface area contributed by atoms with Crippen LogP contribution in [0, 0.1) is 5.82 Å². The van der Waals surface area contributed by atoms with E-state index >= 15 is 0 Å². The van der Waals surface area contributed by atoms with Crippen molar-refractivity contribution in [1.82, 2.24) is 24.6 Å². The zero-order valence-corrected chi connectivity index (χ0v) is 21.6. The van der Waals surface area contributed by atoms with Gasteiger partial charge in [0, 0.05) is 36.9 Å². The number of likely N-dealkylation sites (tertiary alicyclic amines) is 1. The largest absolute Gasteiger partial charge is 0.496 e. The van der Waals surface area contributed by atoms with Crippen molar-refractivity contribution >= 4 is 11.5 Å². The second-order valence-corrected chi connectivity index (χ2v) is 9.11. The molecule has 9 heteroatoms. The highest BCUT2D eigenvalue weighted by Gasteiger charge is 2.41. The van der Waals surface area contributed by atoms with Crippen LogP contribution in [0.15, 0.2) is 60.9 Å². The maximum Gasteiger partial charge on any atom is 0.155 e. The van der Waals surface area contributed by atoms with E-state index in [1.165, 1.54) is 19.6 Å². The first-order valence-corrected chi connectivity index (χ1v) is 12.6. The van der Waals surface area contributed by atoms with Crippen molar-refractivity contribution in [1.29, 1.82) is 0 Å². The third-order valence-corrected chi connectivity index (χ3v) is 7.00. The first-order valence-electron chi connectivity index (χ1n) is 12.6. The number of methoxy groups -OCH3 is 1. The molecule has 2 aliphatic rings. The Balaban J connectivity index is 0.00000137. The number of rotatable bonds is 5. The van der Waals surface area contributed by atoms with E-state index in [4.69, 9.17) is 15.5 Å². The zero-order valence-electron chi connectivity index (χ0n) is 21.6. The minimum absolute atomic E-state index is 0.238. The highest BCUT2D eigenvalue weighted by Crippen LogP contribution is 2.36. The number of anilines is 2. The van der Waals surface area contributed by atoms with Gasteiger partial charge in [-0.25, -0.2) is 19.0 Å². The van der Waals surface area contributed by atoms with E-state index in [1.54, 1.807) is 35.1 Å². The Morgan fingerprint density at radius 2 is 1.76 bits per heavy atom. The molecule has 2 bridgehead atoms. The van der Waals surface area contributed by atoms with E-state index in [-0.39, 0.29) is 5.56 Å². The van der Waals surface area contributed by atoms with Gasteiger partial charge in [-0.15, -0.1) is 0 Å². The van der Waals surface area contributed by atoms with Gasteiger partial charge >= 0.3 is 0 Å². The number of hydrogen-bond acceptors (Lipinski definition) is 7. The summed E-state index contributed by atoms with van der Waals surface area (Å²) in [6.45, 7) is 6.07. The predicted molar refractivity (Wildman–Crippen MR) is 144 cm³/mol. The molecule has 0 amide bonds. The van der Waals surface area contributed by atoms with Crippen molar-refractivity contribution in [2.45, 2.75) is 32.4 Å². The molecule has 8 nitrogen and oxygen atoms in total. The molecule has 0 radical (unpaired) electrons. The molecule has 4 aromatic rings. The van der Waals surface area contributed by atoms with Gasteiger partial charge in [-0.05, 0) is 49.9 Å². The van der Waals surface area contributed by atoms with Crippen molar-refractivity contribution in [3.05, 3.63) is 66.7 Å². The second kappa shape index (κ2) is 10.2. The van der Waals surface area contributed by atoms with E-state index in [2.05, 4.69) is 33.0 Å². The fourth-order valence-electron chi connectivity index (χ4n) is 5.16. The Hall–Kier alpha value is -3.98. The van der Waals surface area contributed by atoms with Crippen LogP contribution in [0.4, 0.5) is 15.9 Å². The number of fused-ring (bicyclic) bond motifs is 2. The van der Waals surface area contributed by atoms with Crippen LogP contribution in [0.5, 0.6) is 5.75 Å². The van der Waals surface area contributed by atoms with Crippen molar-refractivity contribution in [3.63, 3.8) is 0 Å². The van der Waals surface area contributed by atoms with Crippen LogP contribution in [-0.2, 0) is 0 Å². The highest BCUT2D eigenvalue weighted by molar-refractivity contribution is 5.80. The van der Waals surface area contributed by atoms with Gasteiger partial charge in [0.1, 0.15) is 23.1 Å². The second-order valence-electron chi connectivity index (χ2n) is 9.11. The molecule has 2 atom stereocenters. The van der Waals surface area contributed by atoms with Gasteiger partial charge in [0.25, 0.3) is 0 Å². The number of hydrogen-bond donors (Lipinski definition) is 1. The molecule has 3 aromatic heterocycles. The van der Waals surface area contributed by atoms with Crippen LogP contribution < -0.4 is 15.4 Å². The maximum atomic E-state index is 14.7. The summed E-state index contributed by atoms with van der Waals surface area (Å²) in [5, 5.41) is 4.52. The molecule has 37 heavy (non-hydrogen) atoms. The van der Waals surface area contributed by atoms with Crippen molar-refractivity contribution < 1.29 is 9.13 Å². The summed E-state index contributed by atoms with van der Waals surface area (Å²) in [7, 11) is 3.69. The van der Waals surface area contributed by atoms with Crippen LogP contribution in [0.1, 0.15) is 20.3 Å². The molecule has 0 aliphatic carbocycles. The Morgan fingerprint density at radius 3 is 2.49 bits per heavy atom. The Labute approximate surface area is 216 Å². The molecule has 0 saturated carbocycles. The standard InChI is InChI=1S/C26H26FN7O.C2H6/c1-32-14-18-11-17(32)15-33(18)23-7-4-8-24(31-23)34-13-16(12-29-34)21-10-9-20(28)26(30-21)25-19(27)5-3-6-22(25)35-2;1-2/h3-10,12-13,17-18H,11,14-15,28H2,1-2H3;1-2H3. The van der Waals surface area contributed by atoms with Gasteiger partial charge in [0.15, 0.2) is 5.82 Å². The first kappa shape index (κ1) is 24.7. The molecule has 6 rings (SSSR count). The minimum Gasteiger partial charge on any atom is -0.496 e. The van der Waals surface area contributed by atoms with E-state index in [9.17, 15) is 4.39 Å². The molecule has 0 spiro atoms.